The Morgan fingerprint density at radius 3 is 2.56 bits per heavy atom. The largest absolute Gasteiger partial charge is 0.496 e. The van der Waals surface area contributed by atoms with Gasteiger partial charge in [0, 0.05) is 32.2 Å². The minimum Gasteiger partial charge on any atom is -0.496 e. The van der Waals surface area contributed by atoms with Crippen molar-refractivity contribution in [3.8, 4) is 5.75 Å². The zero-order valence-electron chi connectivity index (χ0n) is 17.3. The molecule has 0 spiro atoms. The molecule has 27 heavy (non-hydrogen) atoms. The highest BCUT2D eigenvalue weighted by Crippen LogP contribution is 2.38. The Kier molecular flexibility index (Phi) is 6.73. The normalized spacial score (nSPS) is 25.3. The molecule has 1 heterocycles. The highest BCUT2D eigenvalue weighted by molar-refractivity contribution is 5.43. The van der Waals surface area contributed by atoms with E-state index >= 15 is 0 Å². The van der Waals surface area contributed by atoms with Gasteiger partial charge >= 0.3 is 0 Å². The first-order chi connectivity index (χ1) is 13.3. The van der Waals surface area contributed by atoms with Crippen LogP contribution in [0, 0.1) is 0 Å². The molecule has 1 saturated heterocycles. The number of ether oxygens (including phenoxy) is 1. The van der Waals surface area contributed by atoms with E-state index < -0.39 is 0 Å². The molecule has 4 rings (SSSR count). The summed E-state index contributed by atoms with van der Waals surface area (Å²) in [5.41, 5.74) is 3.06. The molecule has 0 radical (unpaired) electrons. The Bertz CT molecular complexity index is 588. The molecule has 1 aromatic rings. The number of nitrogens with zero attached hydrogens (tertiary/aromatic N) is 2. The third-order valence-electron chi connectivity index (χ3n) is 7.33. The molecule has 150 valence electrons. The first kappa shape index (κ1) is 19.3. The summed E-state index contributed by atoms with van der Waals surface area (Å²) in [6.07, 6.45) is 13.8. The first-order valence-electron chi connectivity index (χ1n) is 11.5. The van der Waals surface area contributed by atoms with Crippen LogP contribution < -0.4 is 4.74 Å². The van der Waals surface area contributed by atoms with E-state index in [2.05, 4.69) is 28.0 Å². The summed E-state index contributed by atoms with van der Waals surface area (Å²) in [7, 11) is 1.81. The Hall–Kier alpha value is -1.06. The maximum atomic E-state index is 5.61. The third-order valence-corrected chi connectivity index (χ3v) is 7.33. The van der Waals surface area contributed by atoms with Crippen LogP contribution in [0.5, 0.6) is 5.75 Å². The van der Waals surface area contributed by atoms with E-state index in [0.29, 0.717) is 0 Å². The highest BCUT2D eigenvalue weighted by atomic mass is 16.5. The van der Waals surface area contributed by atoms with E-state index in [9.17, 15) is 0 Å². The van der Waals surface area contributed by atoms with Crippen molar-refractivity contribution in [3.05, 3.63) is 29.3 Å². The lowest BCUT2D eigenvalue weighted by Crippen LogP contribution is -2.50. The number of rotatable bonds is 6. The molecule has 0 amide bonds. The van der Waals surface area contributed by atoms with Gasteiger partial charge in [-0.05, 0) is 74.6 Å². The molecule has 3 nitrogen and oxygen atoms in total. The van der Waals surface area contributed by atoms with E-state index in [-0.39, 0.29) is 0 Å². The number of piperazine rings is 1. The van der Waals surface area contributed by atoms with Crippen LogP contribution in [0.2, 0.25) is 0 Å². The van der Waals surface area contributed by atoms with Crippen molar-refractivity contribution in [2.75, 3.05) is 39.8 Å². The molecule has 3 heteroatoms. The second-order valence-electron chi connectivity index (χ2n) is 8.93. The zero-order chi connectivity index (χ0) is 18.5. The Morgan fingerprint density at radius 2 is 1.78 bits per heavy atom. The smallest absolute Gasteiger partial charge is 0.122 e. The number of hydrogen-bond donors (Lipinski definition) is 0. The van der Waals surface area contributed by atoms with Gasteiger partial charge in [-0.3, -0.25) is 4.90 Å². The van der Waals surface area contributed by atoms with Gasteiger partial charge in [0.15, 0.2) is 0 Å². The first-order valence-corrected chi connectivity index (χ1v) is 11.5. The van der Waals surface area contributed by atoms with Crippen molar-refractivity contribution in [2.24, 2.45) is 0 Å². The van der Waals surface area contributed by atoms with Gasteiger partial charge in [-0.2, -0.15) is 0 Å². The average Bonchev–Trinajstić information content (AvgIpc) is 2.74. The zero-order valence-corrected chi connectivity index (χ0v) is 17.3. The van der Waals surface area contributed by atoms with Crippen LogP contribution in [0.15, 0.2) is 18.2 Å². The highest BCUT2D eigenvalue weighted by Gasteiger charge is 2.26. The fraction of sp³-hybridized carbons (Fsp3) is 0.750. The fourth-order valence-corrected chi connectivity index (χ4v) is 5.76. The maximum Gasteiger partial charge on any atom is 0.122 e. The molecule has 1 aromatic carbocycles. The van der Waals surface area contributed by atoms with Gasteiger partial charge in [0.2, 0.25) is 0 Å². The van der Waals surface area contributed by atoms with E-state index in [0.717, 1.165) is 17.7 Å². The van der Waals surface area contributed by atoms with Crippen LogP contribution in [-0.4, -0.2) is 55.7 Å². The second-order valence-corrected chi connectivity index (χ2v) is 8.93. The molecular weight excluding hydrogens is 332 g/mol. The molecule has 1 saturated carbocycles. The van der Waals surface area contributed by atoms with E-state index in [1.807, 2.05) is 7.11 Å². The summed E-state index contributed by atoms with van der Waals surface area (Å²) in [5.74, 6) is 1.85. The van der Waals surface area contributed by atoms with Crippen LogP contribution in [-0.2, 0) is 6.42 Å². The number of hydrogen-bond acceptors (Lipinski definition) is 3. The lowest BCUT2D eigenvalue weighted by atomic mass is 9.80. The molecule has 0 bridgehead atoms. The molecule has 0 aromatic heterocycles. The van der Waals surface area contributed by atoms with Gasteiger partial charge in [0.1, 0.15) is 5.75 Å². The van der Waals surface area contributed by atoms with Gasteiger partial charge in [-0.15, -0.1) is 0 Å². The van der Waals surface area contributed by atoms with Crippen LogP contribution in [0.1, 0.15) is 74.8 Å². The predicted molar refractivity (Wildman–Crippen MR) is 113 cm³/mol. The molecule has 3 aliphatic rings. The summed E-state index contributed by atoms with van der Waals surface area (Å²) < 4.78 is 5.61. The molecule has 0 N–H and O–H groups in total. The van der Waals surface area contributed by atoms with Gasteiger partial charge in [0.25, 0.3) is 0 Å². The fourth-order valence-electron chi connectivity index (χ4n) is 5.76. The predicted octanol–water partition coefficient (Wildman–Crippen LogP) is 4.85. The third kappa shape index (κ3) is 4.68. The molecule has 1 aliphatic heterocycles. The molecule has 2 aliphatic carbocycles. The van der Waals surface area contributed by atoms with Gasteiger partial charge in [-0.1, -0.05) is 31.4 Å². The van der Waals surface area contributed by atoms with E-state index in [4.69, 9.17) is 4.74 Å². The lowest BCUT2D eigenvalue weighted by molar-refractivity contribution is 0.0779. The topological polar surface area (TPSA) is 15.7 Å². The van der Waals surface area contributed by atoms with Crippen LogP contribution >= 0.6 is 0 Å². The van der Waals surface area contributed by atoms with Crippen molar-refractivity contribution in [2.45, 2.75) is 76.2 Å². The Balaban J connectivity index is 1.22. The van der Waals surface area contributed by atoms with Gasteiger partial charge in [-0.25, -0.2) is 0 Å². The van der Waals surface area contributed by atoms with Crippen LogP contribution in [0.3, 0.4) is 0 Å². The quantitative estimate of drug-likeness (QED) is 0.712. The van der Waals surface area contributed by atoms with Crippen LogP contribution in [0.4, 0.5) is 0 Å². The molecule has 0 unspecified atom stereocenters. The average molecular weight is 371 g/mol. The maximum absolute atomic E-state index is 5.61. The summed E-state index contributed by atoms with van der Waals surface area (Å²) in [6, 6.07) is 7.56. The van der Waals surface area contributed by atoms with Gasteiger partial charge < -0.3 is 9.64 Å². The van der Waals surface area contributed by atoms with Gasteiger partial charge in [0.05, 0.1) is 7.11 Å². The number of methoxy groups -OCH3 is 1. The molecular formula is C24H38N2O. The van der Waals surface area contributed by atoms with Crippen molar-refractivity contribution in [3.63, 3.8) is 0 Å². The van der Waals surface area contributed by atoms with Crippen LogP contribution in [0.25, 0.3) is 0 Å². The minimum absolute atomic E-state index is 0.743. The van der Waals surface area contributed by atoms with Crippen molar-refractivity contribution < 1.29 is 4.74 Å². The summed E-state index contributed by atoms with van der Waals surface area (Å²) >= 11 is 0. The Labute approximate surface area is 166 Å². The van der Waals surface area contributed by atoms with Crippen molar-refractivity contribution in [1.82, 2.24) is 9.80 Å². The van der Waals surface area contributed by atoms with E-state index in [1.165, 1.54) is 102 Å². The summed E-state index contributed by atoms with van der Waals surface area (Å²) in [6.45, 7) is 6.45. The number of benzene rings is 1. The SMILES string of the molecule is COc1cccc2c1CCC[C@H]2CCCN1CCN(C2CCCCC2)CC1. The minimum atomic E-state index is 0.743. The molecule has 2 fully saturated rings. The summed E-state index contributed by atoms with van der Waals surface area (Å²) in [5, 5.41) is 0. The standard InChI is InChI=1S/C24H38N2O/c1-27-24-14-6-12-22-20(8-5-13-23(22)24)9-7-15-25-16-18-26(19-17-25)21-10-3-2-4-11-21/h6,12,14,20-21H,2-5,7-11,13,15-19H2,1H3/t20-/m0/s1. The van der Waals surface area contributed by atoms with Crippen molar-refractivity contribution in [1.29, 1.82) is 0 Å². The number of fused-ring (bicyclic) bond motifs is 1. The summed E-state index contributed by atoms with van der Waals surface area (Å²) in [4.78, 5) is 5.51. The monoisotopic (exact) mass is 370 g/mol. The molecule has 1 atom stereocenters. The Morgan fingerprint density at radius 1 is 0.963 bits per heavy atom. The lowest BCUT2D eigenvalue weighted by Gasteiger charge is -2.41. The van der Waals surface area contributed by atoms with E-state index in [1.54, 1.807) is 5.56 Å². The van der Waals surface area contributed by atoms with Crippen molar-refractivity contribution >= 4 is 0 Å². The second kappa shape index (κ2) is 9.43.